The van der Waals surface area contributed by atoms with Crippen LogP contribution in [0.1, 0.15) is 52.7 Å². The molecule has 5 nitrogen and oxygen atoms in total. The summed E-state index contributed by atoms with van der Waals surface area (Å²) in [5.74, 6) is 0.146. The van der Waals surface area contributed by atoms with Gasteiger partial charge in [-0.2, -0.15) is 0 Å². The van der Waals surface area contributed by atoms with Crippen molar-refractivity contribution in [1.29, 1.82) is 0 Å². The van der Waals surface area contributed by atoms with Crippen molar-refractivity contribution in [3.8, 4) is 0 Å². The van der Waals surface area contributed by atoms with Gasteiger partial charge in [0.2, 0.25) is 5.91 Å². The van der Waals surface area contributed by atoms with E-state index in [1.54, 1.807) is 0 Å². The van der Waals surface area contributed by atoms with Gasteiger partial charge in [-0.25, -0.2) is 0 Å². The first-order chi connectivity index (χ1) is 14.2. The van der Waals surface area contributed by atoms with Gasteiger partial charge in [-0.05, 0) is 61.2 Å². The number of nitrogens with zero attached hydrogens (tertiary/aromatic N) is 2. The molecule has 2 aliphatic heterocycles. The van der Waals surface area contributed by atoms with E-state index in [1.165, 1.54) is 31.5 Å². The molecule has 5 heteroatoms. The number of carbonyl (C=O) groups excluding carboxylic acids is 2. The summed E-state index contributed by atoms with van der Waals surface area (Å²) in [4.78, 5) is 28.5. The number of rotatable bonds is 7. The summed E-state index contributed by atoms with van der Waals surface area (Å²) >= 11 is 0. The molecule has 152 valence electrons. The summed E-state index contributed by atoms with van der Waals surface area (Å²) in [6.07, 6.45) is 4.21. The zero-order valence-corrected chi connectivity index (χ0v) is 16.9. The molecule has 2 aromatic carbocycles. The van der Waals surface area contributed by atoms with E-state index in [1.807, 2.05) is 29.2 Å². The predicted octanol–water partition coefficient (Wildman–Crippen LogP) is 3.33. The molecular formula is C24H29N3O2. The number of nitrogens with one attached hydrogen (secondary N) is 1. The van der Waals surface area contributed by atoms with E-state index in [9.17, 15) is 9.59 Å². The van der Waals surface area contributed by atoms with Crippen LogP contribution in [-0.4, -0.2) is 41.2 Å². The second kappa shape index (κ2) is 9.23. The Morgan fingerprint density at radius 1 is 0.793 bits per heavy atom. The fraction of sp³-hybridized carbons (Fsp3) is 0.417. The van der Waals surface area contributed by atoms with Crippen molar-refractivity contribution >= 4 is 11.8 Å². The third kappa shape index (κ3) is 5.24. The molecule has 2 heterocycles. The number of hydrogen-bond acceptors (Lipinski definition) is 3. The molecule has 0 unspecified atom stereocenters. The first-order valence-corrected chi connectivity index (χ1v) is 10.6. The average Bonchev–Trinajstić information content (AvgIpc) is 3.40. The highest BCUT2D eigenvalue weighted by atomic mass is 16.2. The molecule has 0 atom stereocenters. The van der Waals surface area contributed by atoms with E-state index in [2.05, 4.69) is 34.5 Å². The van der Waals surface area contributed by atoms with Crippen LogP contribution in [0.4, 0.5) is 0 Å². The molecule has 0 spiro atoms. The molecule has 2 aliphatic rings. The Morgan fingerprint density at radius 2 is 1.41 bits per heavy atom. The molecule has 1 N–H and O–H groups in total. The van der Waals surface area contributed by atoms with Crippen molar-refractivity contribution in [3.63, 3.8) is 0 Å². The Balaban J connectivity index is 1.26. The highest BCUT2D eigenvalue weighted by Gasteiger charge is 2.20. The maximum Gasteiger partial charge on any atom is 0.251 e. The van der Waals surface area contributed by atoms with Crippen LogP contribution < -0.4 is 5.32 Å². The molecule has 0 aliphatic carbocycles. The monoisotopic (exact) mass is 391 g/mol. The third-order valence-electron chi connectivity index (χ3n) is 5.84. The van der Waals surface area contributed by atoms with Gasteiger partial charge < -0.3 is 10.2 Å². The average molecular weight is 392 g/mol. The van der Waals surface area contributed by atoms with Crippen molar-refractivity contribution in [3.05, 3.63) is 70.8 Å². The largest absolute Gasteiger partial charge is 0.348 e. The minimum atomic E-state index is -0.0741. The fourth-order valence-corrected chi connectivity index (χ4v) is 4.10. The van der Waals surface area contributed by atoms with E-state index in [0.29, 0.717) is 25.1 Å². The Hall–Kier alpha value is -2.66. The SMILES string of the molecule is O=C(NCc1ccc(CN2CCCC2)cc1)c1ccc(CN2CCCC2=O)cc1. The van der Waals surface area contributed by atoms with E-state index in [-0.39, 0.29) is 11.8 Å². The van der Waals surface area contributed by atoms with Crippen LogP contribution in [-0.2, 0) is 24.4 Å². The number of amides is 2. The summed E-state index contributed by atoms with van der Waals surface area (Å²) in [5, 5.41) is 2.99. The minimum Gasteiger partial charge on any atom is -0.348 e. The molecule has 2 fully saturated rings. The minimum absolute atomic E-state index is 0.0741. The molecule has 2 saturated heterocycles. The molecule has 2 amide bonds. The zero-order chi connectivity index (χ0) is 20.1. The number of likely N-dealkylation sites (tertiary alicyclic amines) is 2. The van der Waals surface area contributed by atoms with Crippen LogP contribution in [0.2, 0.25) is 0 Å². The van der Waals surface area contributed by atoms with Gasteiger partial charge in [0, 0.05) is 38.2 Å². The van der Waals surface area contributed by atoms with Gasteiger partial charge in [0.15, 0.2) is 0 Å². The fourth-order valence-electron chi connectivity index (χ4n) is 4.10. The van der Waals surface area contributed by atoms with Crippen molar-refractivity contribution in [2.75, 3.05) is 19.6 Å². The normalized spacial score (nSPS) is 17.1. The Labute approximate surface area is 172 Å². The third-order valence-corrected chi connectivity index (χ3v) is 5.84. The summed E-state index contributed by atoms with van der Waals surface area (Å²) < 4.78 is 0. The second-order valence-electron chi connectivity index (χ2n) is 8.10. The Kier molecular flexibility index (Phi) is 6.25. The van der Waals surface area contributed by atoms with Crippen LogP contribution >= 0.6 is 0 Å². The van der Waals surface area contributed by atoms with Crippen LogP contribution in [0.5, 0.6) is 0 Å². The Bertz CT molecular complexity index is 839. The number of carbonyl (C=O) groups is 2. The summed E-state index contributed by atoms with van der Waals surface area (Å²) in [7, 11) is 0. The lowest BCUT2D eigenvalue weighted by molar-refractivity contribution is -0.128. The van der Waals surface area contributed by atoms with Crippen molar-refractivity contribution in [1.82, 2.24) is 15.1 Å². The number of benzene rings is 2. The van der Waals surface area contributed by atoms with Crippen molar-refractivity contribution in [2.45, 2.75) is 45.3 Å². The molecule has 0 saturated carbocycles. The summed E-state index contributed by atoms with van der Waals surface area (Å²) in [6.45, 7) is 5.40. The Morgan fingerprint density at radius 3 is 2.07 bits per heavy atom. The first-order valence-electron chi connectivity index (χ1n) is 10.6. The maximum absolute atomic E-state index is 12.4. The van der Waals surface area contributed by atoms with Crippen LogP contribution in [0.15, 0.2) is 48.5 Å². The van der Waals surface area contributed by atoms with E-state index >= 15 is 0 Å². The van der Waals surface area contributed by atoms with Crippen molar-refractivity contribution in [2.24, 2.45) is 0 Å². The lowest BCUT2D eigenvalue weighted by Gasteiger charge is -2.15. The van der Waals surface area contributed by atoms with Gasteiger partial charge in [0.1, 0.15) is 0 Å². The van der Waals surface area contributed by atoms with Gasteiger partial charge in [-0.15, -0.1) is 0 Å². The molecule has 4 rings (SSSR count). The lowest BCUT2D eigenvalue weighted by Crippen LogP contribution is -2.24. The predicted molar refractivity (Wildman–Crippen MR) is 113 cm³/mol. The molecule has 29 heavy (non-hydrogen) atoms. The van der Waals surface area contributed by atoms with Crippen LogP contribution in [0.25, 0.3) is 0 Å². The van der Waals surface area contributed by atoms with Crippen LogP contribution in [0.3, 0.4) is 0 Å². The van der Waals surface area contributed by atoms with Gasteiger partial charge in [0.25, 0.3) is 5.91 Å². The standard InChI is InChI=1S/C24H29N3O2/c28-23-4-3-15-27(23)18-21-9-11-22(12-10-21)24(29)25-16-19-5-7-20(8-6-19)17-26-13-1-2-14-26/h5-12H,1-4,13-18H2,(H,25,29). The lowest BCUT2D eigenvalue weighted by atomic mass is 10.1. The number of hydrogen-bond donors (Lipinski definition) is 1. The van der Waals surface area contributed by atoms with Crippen molar-refractivity contribution < 1.29 is 9.59 Å². The molecule has 0 radical (unpaired) electrons. The summed E-state index contributed by atoms with van der Waals surface area (Å²) in [6, 6.07) is 16.1. The highest BCUT2D eigenvalue weighted by molar-refractivity contribution is 5.94. The first kappa shape index (κ1) is 19.6. The summed E-state index contributed by atoms with van der Waals surface area (Å²) in [5.41, 5.74) is 4.14. The second-order valence-corrected chi connectivity index (χ2v) is 8.10. The van der Waals surface area contributed by atoms with Crippen LogP contribution in [0, 0.1) is 0 Å². The quantitative estimate of drug-likeness (QED) is 0.788. The van der Waals surface area contributed by atoms with Gasteiger partial charge in [0.05, 0.1) is 0 Å². The maximum atomic E-state index is 12.4. The van der Waals surface area contributed by atoms with E-state index in [0.717, 1.165) is 30.6 Å². The van der Waals surface area contributed by atoms with Gasteiger partial charge >= 0.3 is 0 Å². The van der Waals surface area contributed by atoms with Gasteiger partial charge in [-0.3, -0.25) is 14.5 Å². The smallest absolute Gasteiger partial charge is 0.251 e. The highest BCUT2D eigenvalue weighted by Crippen LogP contribution is 2.15. The topological polar surface area (TPSA) is 52.7 Å². The zero-order valence-electron chi connectivity index (χ0n) is 16.9. The van der Waals surface area contributed by atoms with Gasteiger partial charge in [-0.1, -0.05) is 36.4 Å². The van der Waals surface area contributed by atoms with E-state index < -0.39 is 0 Å². The van der Waals surface area contributed by atoms with E-state index in [4.69, 9.17) is 0 Å². The molecular weight excluding hydrogens is 362 g/mol. The molecule has 0 aromatic heterocycles. The molecule has 0 bridgehead atoms. The molecule has 2 aromatic rings.